The van der Waals surface area contributed by atoms with E-state index in [0.29, 0.717) is 6.42 Å². The summed E-state index contributed by atoms with van der Waals surface area (Å²) in [6.07, 6.45) is 1.50. The van der Waals surface area contributed by atoms with Gasteiger partial charge in [-0.2, -0.15) is 0 Å². The molecule has 0 saturated carbocycles. The van der Waals surface area contributed by atoms with Gasteiger partial charge < -0.3 is 13.2 Å². The largest absolute Gasteiger partial charge is 0.740 e. The quantitative estimate of drug-likeness (QED) is 0.550. The molecule has 0 N–H and O–H groups in total. The van der Waals surface area contributed by atoms with E-state index in [1.807, 2.05) is 18.2 Å². The molecule has 1 aromatic heterocycles. The van der Waals surface area contributed by atoms with Crippen molar-refractivity contribution in [1.29, 1.82) is 0 Å². The van der Waals surface area contributed by atoms with Gasteiger partial charge in [0.25, 0.3) is 0 Å². The minimum atomic E-state index is -2.86. The third-order valence-corrected chi connectivity index (χ3v) is 8.84. The highest BCUT2D eigenvalue weighted by molar-refractivity contribution is 7.74. The van der Waals surface area contributed by atoms with Crippen molar-refractivity contribution in [3.63, 3.8) is 0 Å². The Labute approximate surface area is 141 Å². The molecule has 0 saturated heterocycles. The van der Waals surface area contributed by atoms with E-state index in [-0.39, 0.29) is 11.5 Å². The Morgan fingerprint density at radius 3 is 2.52 bits per heavy atom. The SMILES string of the molecule is CC(C)(C)[Si](C)(C)O[C@@H](CC(=O)OS(=O)[O-])Cc1ccccn1. The summed E-state index contributed by atoms with van der Waals surface area (Å²) in [4.78, 5) is 15.9. The standard InChI is InChI=1S/C15H25NO5SSi/c1-15(2,3)23(4,5)21-13(11-14(17)20-22(18)19)10-12-8-6-7-9-16-12/h6-9,13H,10-11H2,1-5H3,(H,18,19)/p-1/t13-/m1/s1. The van der Waals surface area contributed by atoms with Gasteiger partial charge in [0.2, 0.25) is 0 Å². The molecule has 0 aliphatic rings. The molecule has 1 unspecified atom stereocenters. The van der Waals surface area contributed by atoms with Crippen molar-refractivity contribution >= 4 is 25.6 Å². The molecule has 1 aromatic rings. The summed E-state index contributed by atoms with van der Waals surface area (Å²) in [5.74, 6) is -0.821. The van der Waals surface area contributed by atoms with Gasteiger partial charge in [0.1, 0.15) is 11.4 Å². The first-order valence-corrected chi connectivity index (χ1v) is 11.3. The van der Waals surface area contributed by atoms with E-state index in [0.717, 1.165) is 5.69 Å². The van der Waals surface area contributed by atoms with E-state index in [9.17, 15) is 13.6 Å². The first kappa shape index (κ1) is 20.0. The summed E-state index contributed by atoms with van der Waals surface area (Å²) in [6, 6.07) is 5.51. The lowest BCUT2D eigenvalue weighted by Crippen LogP contribution is -2.45. The summed E-state index contributed by atoms with van der Waals surface area (Å²) >= 11 is -2.86. The van der Waals surface area contributed by atoms with Crippen LogP contribution in [0.1, 0.15) is 32.9 Å². The molecule has 1 heterocycles. The van der Waals surface area contributed by atoms with Gasteiger partial charge in [-0.3, -0.25) is 9.78 Å². The number of rotatable bonds is 7. The lowest BCUT2D eigenvalue weighted by molar-refractivity contribution is -0.135. The Kier molecular flexibility index (Phi) is 7.06. The molecule has 130 valence electrons. The van der Waals surface area contributed by atoms with E-state index in [4.69, 9.17) is 4.43 Å². The van der Waals surface area contributed by atoms with Crippen LogP contribution in [-0.2, 0) is 31.2 Å². The average Bonchev–Trinajstić information content (AvgIpc) is 2.36. The predicted octanol–water partition coefficient (Wildman–Crippen LogP) is 2.74. The third-order valence-electron chi connectivity index (χ3n) is 3.99. The van der Waals surface area contributed by atoms with E-state index in [1.165, 1.54) is 0 Å². The van der Waals surface area contributed by atoms with Crippen LogP contribution in [0.15, 0.2) is 24.4 Å². The summed E-state index contributed by atoms with van der Waals surface area (Å²) in [5.41, 5.74) is 0.784. The number of pyridine rings is 1. The van der Waals surface area contributed by atoms with Crippen LogP contribution in [0.3, 0.4) is 0 Å². The first-order valence-electron chi connectivity index (χ1n) is 7.39. The smallest absolute Gasteiger partial charge is 0.321 e. The molecule has 6 nitrogen and oxygen atoms in total. The number of nitrogens with zero attached hydrogens (tertiary/aromatic N) is 1. The minimum Gasteiger partial charge on any atom is -0.740 e. The summed E-state index contributed by atoms with van der Waals surface area (Å²) in [7, 11) is -2.12. The van der Waals surface area contributed by atoms with Gasteiger partial charge in [-0.25, -0.2) is 4.21 Å². The Morgan fingerprint density at radius 2 is 2.04 bits per heavy atom. The van der Waals surface area contributed by atoms with Crippen LogP contribution in [0.4, 0.5) is 0 Å². The number of carbonyl (C=O) groups excluding carboxylic acids is 1. The fourth-order valence-corrected chi connectivity index (χ4v) is 3.37. The highest BCUT2D eigenvalue weighted by Gasteiger charge is 2.39. The van der Waals surface area contributed by atoms with Gasteiger partial charge >= 0.3 is 5.97 Å². The maximum atomic E-state index is 11.7. The van der Waals surface area contributed by atoms with Crippen molar-refractivity contribution in [3.05, 3.63) is 30.1 Å². The molecular formula is C15H24NO5SSi-. The molecule has 0 aliphatic heterocycles. The van der Waals surface area contributed by atoms with Crippen LogP contribution in [0.5, 0.6) is 0 Å². The van der Waals surface area contributed by atoms with Crippen LogP contribution in [0.25, 0.3) is 0 Å². The number of carbonyl (C=O) groups is 1. The molecule has 0 aliphatic carbocycles. The minimum absolute atomic E-state index is 0.0272. The van der Waals surface area contributed by atoms with Crippen molar-refractivity contribution in [3.8, 4) is 0 Å². The Hall–Kier alpha value is -1.09. The highest BCUT2D eigenvalue weighted by atomic mass is 32.2. The van der Waals surface area contributed by atoms with Crippen molar-refractivity contribution in [2.24, 2.45) is 0 Å². The Balaban J connectivity index is 2.88. The molecule has 0 spiro atoms. The van der Waals surface area contributed by atoms with E-state index in [1.54, 1.807) is 6.20 Å². The molecule has 23 heavy (non-hydrogen) atoms. The lowest BCUT2D eigenvalue weighted by Gasteiger charge is -2.39. The maximum absolute atomic E-state index is 11.7. The lowest BCUT2D eigenvalue weighted by atomic mass is 10.1. The third kappa shape index (κ3) is 6.90. The zero-order valence-electron chi connectivity index (χ0n) is 14.2. The molecule has 0 fully saturated rings. The van der Waals surface area contributed by atoms with Gasteiger partial charge in [0, 0.05) is 18.3 Å². The fraction of sp³-hybridized carbons (Fsp3) is 0.600. The molecule has 1 rings (SSSR count). The van der Waals surface area contributed by atoms with Gasteiger partial charge in [-0.15, -0.1) is 0 Å². The highest BCUT2D eigenvalue weighted by Crippen LogP contribution is 2.38. The molecular weight excluding hydrogens is 334 g/mol. The fourth-order valence-electron chi connectivity index (χ4n) is 1.80. The van der Waals surface area contributed by atoms with Crippen LogP contribution < -0.4 is 0 Å². The number of hydrogen-bond donors (Lipinski definition) is 0. The van der Waals surface area contributed by atoms with E-state index in [2.05, 4.69) is 43.0 Å². The molecule has 0 bridgehead atoms. The Bertz CT molecular complexity index is 545. The second-order valence-corrected chi connectivity index (χ2v) is 12.2. The molecule has 0 aromatic carbocycles. The van der Waals surface area contributed by atoms with Crippen LogP contribution >= 0.6 is 0 Å². The maximum Gasteiger partial charge on any atom is 0.321 e. The van der Waals surface area contributed by atoms with Crippen LogP contribution in [0, 0.1) is 0 Å². The molecule has 2 atom stereocenters. The number of hydrogen-bond acceptors (Lipinski definition) is 6. The summed E-state index contributed by atoms with van der Waals surface area (Å²) in [5, 5.41) is -0.0272. The predicted molar refractivity (Wildman–Crippen MR) is 89.6 cm³/mol. The second-order valence-electron chi connectivity index (χ2n) is 6.89. The molecule has 0 radical (unpaired) electrons. The van der Waals surface area contributed by atoms with Crippen molar-refractivity contribution in [2.45, 2.75) is 57.8 Å². The van der Waals surface area contributed by atoms with Crippen molar-refractivity contribution < 1.29 is 22.2 Å². The van der Waals surface area contributed by atoms with Crippen LogP contribution in [-0.4, -0.2) is 34.1 Å². The number of aromatic nitrogens is 1. The summed E-state index contributed by atoms with van der Waals surface area (Å²) < 4.78 is 31.5. The van der Waals surface area contributed by atoms with E-state index >= 15 is 0 Å². The Morgan fingerprint density at radius 1 is 1.39 bits per heavy atom. The van der Waals surface area contributed by atoms with Crippen molar-refractivity contribution in [1.82, 2.24) is 4.98 Å². The van der Waals surface area contributed by atoms with Gasteiger partial charge in [0.15, 0.2) is 8.32 Å². The summed E-state index contributed by atoms with van der Waals surface area (Å²) in [6.45, 7) is 10.5. The first-order chi connectivity index (χ1) is 10.5. The van der Waals surface area contributed by atoms with E-state index < -0.39 is 31.8 Å². The molecule has 8 heteroatoms. The zero-order valence-corrected chi connectivity index (χ0v) is 16.0. The van der Waals surface area contributed by atoms with Gasteiger partial charge in [-0.05, 0) is 30.3 Å². The topological polar surface area (TPSA) is 88.5 Å². The van der Waals surface area contributed by atoms with Gasteiger partial charge in [0.05, 0.1) is 12.5 Å². The monoisotopic (exact) mass is 358 g/mol. The molecule has 0 amide bonds. The van der Waals surface area contributed by atoms with Crippen molar-refractivity contribution in [2.75, 3.05) is 0 Å². The zero-order chi connectivity index (χ0) is 17.7. The second kappa shape index (κ2) is 8.14. The van der Waals surface area contributed by atoms with Crippen LogP contribution in [0.2, 0.25) is 18.1 Å². The average molecular weight is 359 g/mol. The van der Waals surface area contributed by atoms with Gasteiger partial charge in [-0.1, -0.05) is 26.8 Å². The normalized spacial score (nSPS) is 15.0.